The molecule has 0 aliphatic carbocycles. The minimum atomic E-state index is -1.42. The Bertz CT molecular complexity index is 2030. The van der Waals surface area contributed by atoms with Crippen molar-refractivity contribution in [1.82, 2.24) is 9.38 Å². The number of nitrogens with one attached hydrogen (secondary N) is 1. The predicted octanol–water partition coefficient (Wildman–Crippen LogP) is 3.95. The first-order chi connectivity index (χ1) is 17.8. The number of nitrogens with two attached hydrogens (primary N) is 2. The number of rotatable bonds is 2. The molecule has 11 heteroatoms. The fourth-order valence-corrected chi connectivity index (χ4v) is 5.24. The van der Waals surface area contributed by atoms with Crippen LogP contribution in [0.4, 0.5) is 15.8 Å². The van der Waals surface area contributed by atoms with E-state index in [4.69, 9.17) is 20.3 Å². The fraction of sp³-hybridized carbons (Fsp3) is 0.154. The maximum absolute atomic E-state index is 15.6. The third-order valence-corrected chi connectivity index (χ3v) is 6.97. The third-order valence-electron chi connectivity index (χ3n) is 6.97. The molecule has 0 bridgehead atoms. The van der Waals surface area contributed by atoms with Gasteiger partial charge in [-0.05, 0) is 24.6 Å². The topological polar surface area (TPSA) is 156 Å². The van der Waals surface area contributed by atoms with Crippen LogP contribution in [0.1, 0.15) is 16.8 Å². The van der Waals surface area contributed by atoms with E-state index in [1.54, 1.807) is 39.6 Å². The van der Waals surface area contributed by atoms with Crippen molar-refractivity contribution in [3.8, 4) is 0 Å². The molecule has 1 aliphatic heterocycles. The van der Waals surface area contributed by atoms with Gasteiger partial charge >= 0.3 is 5.97 Å². The second-order valence-electron chi connectivity index (χ2n) is 9.37. The largest absolute Gasteiger partial charge is 0.477 e. The molecule has 1 fully saturated rings. The molecular weight excluding hydrogens is 481 g/mol. The van der Waals surface area contributed by atoms with Crippen molar-refractivity contribution in [3.63, 3.8) is 0 Å². The molecule has 6 N–H and O–H groups in total. The first-order valence-corrected chi connectivity index (χ1v) is 11.6. The molecule has 4 heterocycles. The third kappa shape index (κ3) is 3.07. The molecule has 1 atom stereocenters. The van der Waals surface area contributed by atoms with Crippen LogP contribution < -0.4 is 21.8 Å². The van der Waals surface area contributed by atoms with Crippen LogP contribution in [0.2, 0.25) is 0 Å². The number of hydrogen-bond donors (Lipinski definition) is 4. The number of benzene rings is 3. The minimum absolute atomic E-state index is 0.0971. The summed E-state index contributed by atoms with van der Waals surface area (Å²) in [6, 6.07) is 9.54. The van der Waals surface area contributed by atoms with Crippen LogP contribution in [0.3, 0.4) is 0 Å². The Balaban J connectivity index is 1.67. The van der Waals surface area contributed by atoms with Gasteiger partial charge in [-0.25, -0.2) is 9.18 Å². The molecule has 1 aliphatic rings. The monoisotopic (exact) mass is 501 g/mol. The number of nitrogens with zero attached hydrogens (tertiary/aromatic N) is 2. The Morgan fingerprint density at radius 3 is 2.68 bits per heavy atom. The number of aromatic amines is 1. The highest BCUT2D eigenvalue weighted by Gasteiger charge is 2.29. The van der Waals surface area contributed by atoms with Crippen molar-refractivity contribution in [2.24, 2.45) is 5.73 Å². The van der Waals surface area contributed by atoms with Crippen molar-refractivity contribution in [3.05, 3.63) is 64.2 Å². The zero-order valence-electron chi connectivity index (χ0n) is 19.2. The van der Waals surface area contributed by atoms with E-state index in [0.717, 1.165) is 6.07 Å². The number of hydrogen-bond acceptors (Lipinski definition) is 7. The number of aromatic carboxylic acids is 1. The maximum atomic E-state index is 15.6. The zero-order valence-corrected chi connectivity index (χ0v) is 19.2. The lowest BCUT2D eigenvalue weighted by Crippen LogP contribution is -2.27. The van der Waals surface area contributed by atoms with Crippen LogP contribution in [0.15, 0.2) is 56.2 Å². The van der Waals surface area contributed by atoms with E-state index in [0.29, 0.717) is 58.5 Å². The van der Waals surface area contributed by atoms with Gasteiger partial charge in [0.1, 0.15) is 16.8 Å². The Kier molecular flexibility index (Phi) is 4.28. The van der Waals surface area contributed by atoms with E-state index in [9.17, 15) is 14.7 Å². The number of carboxylic acids is 1. The van der Waals surface area contributed by atoms with Gasteiger partial charge < -0.3 is 39.7 Å². The molecule has 10 nitrogen and oxygen atoms in total. The van der Waals surface area contributed by atoms with E-state index in [1.807, 2.05) is 0 Å². The number of aromatic nitrogens is 2. The summed E-state index contributed by atoms with van der Waals surface area (Å²) in [5.74, 6) is -2.10. The van der Waals surface area contributed by atoms with Gasteiger partial charge in [0, 0.05) is 49.2 Å². The number of carboxylic acid groups (broad SMARTS) is 1. The summed E-state index contributed by atoms with van der Waals surface area (Å²) >= 11 is 0. The molecular formula is C26H20FN5O5. The molecule has 3 aromatic carbocycles. The molecule has 37 heavy (non-hydrogen) atoms. The van der Waals surface area contributed by atoms with Gasteiger partial charge in [0.2, 0.25) is 5.43 Å². The molecule has 1 saturated heterocycles. The molecule has 3 aromatic heterocycles. The standard InChI is InChI=1S/C26H20FN5O5/c27-15-6-13-22-25(23(15)31-4-3-12(29)9-31)37-21-7-17-20(36-19-5-11(28)1-2-16(19)30-17)8-18(21)32(22)10-14(24(13)33)26(34)35/h1-2,5-8,10,12,30H,3-4,9,28-29H2,(H,34,35)/t12-/m0/s1. The normalized spacial score (nSPS) is 16.2. The Morgan fingerprint density at radius 1 is 1.11 bits per heavy atom. The van der Waals surface area contributed by atoms with E-state index in [-0.39, 0.29) is 28.2 Å². The summed E-state index contributed by atoms with van der Waals surface area (Å²) in [7, 11) is 0. The average Bonchev–Trinajstić information content (AvgIpc) is 3.28. The molecule has 0 spiro atoms. The van der Waals surface area contributed by atoms with Gasteiger partial charge in [-0.15, -0.1) is 0 Å². The summed E-state index contributed by atoms with van der Waals surface area (Å²) in [4.78, 5) is 30.1. The molecule has 6 aromatic rings. The highest BCUT2D eigenvalue weighted by atomic mass is 19.1. The van der Waals surface area contributed by atoms with Crippen molar-refractivity contribution >= 4 is 67.1 Å². The lowest BCUT2D eigenvalue weighted by molar-refractivity contribution is 0.0695. The van der Waals surface area contributed by atoms with Gasteiger partial charge in [-0.3, -0.25) is 4.79 Å². The second-order valence-corrected chi connectivity index (χ2v) is 9.37. The molecule has 0 unspecified atom stereocenters. The average molecular weight is 501 g/mol. The van der Waals surface area contributed by atoms with E-state index in [2.05, 4.69) is 4.98 Å². The maximum Gasteiger partial charge on any atom is 0.341 e. The first kappa shape index (κ1) is 21.5. The van der Waals surface area contributed by atoms with Crippen molar-refractivity contribution in [2.75, 3.05) is 23.7 Å². The number of H-pyrrole nitrogens is 1. The molecule has 0 saturated carbocycles. The Morgan fingerprint density at radius 2 is 1.92 bits per heavy atom. The van der Waals surface area contributed by atoms with Crippen LogP contribution in [-0.2, 0) is 0 Å². The highest BCUT2D eigenvalue weighted by molar-refractivity contribution is 6.06. The molecule has 7 rings (SSSR count). The van der Waals surface area contributed by atoms with Crippen LogP contribution in [-0.4, -0.2) is 39.6 Å². The molecule has 0 amide bonds. The molecule has 186 valence electrons. The van der Waals surface area contributed by atoms with Crippen molar-refractivity contribution in [2.45, 2.75) is 12.5 Å². The first-order valence-electron chi connectivity index (χ1n) is 11.6. The lowest BCUT2D eigenvalue weighted by atomic mass is 10.1. The number of nitrogen functional groups attached to an aromatic ring is 1. The van der Waals surface area contributed by atoms with E-state index >= 15 is 4.39 Å². The quantitative estimate of drug-likeness (QED) is 0.158. The van der Waals surface area contributed by atoms with Crippen molar-refractivity contribution in [1.29, 1.82) is 0 Å². The number of fused-ring (bicyclic) bond motifs is 4. The van der Waals surface area contributed by atoms with Gasteiger partial charge in [0.05, 0.1) is 21.9 Å². The zero-order chi connectivity index (χ0) is 25.6. The van der Waals surface area contributed by atoms with Gasteiger partial charge in [0.25, 0.3) is 0 Å². The van der Waals surface area contributed by atoms with E-state index < -0.39 is 22.8 Å². The summed E-state index contributed by atoms with van der Waals surface area (Å²) < 4.78 is 29.5. The van der Waals surface area contributed by atoms with Crippen LogP contribution in [0, 0.1) is 5.82 Å². The van der Waals surface area contributed by atoms with Gasteiger partial charge in [-0.2, -0.15) is 0 Å². The SMILES string of the molecule is Nc1ccc2[nH]c3cc4oc5c(N6CC[C@H](N)C6)c(F)cc6c(=O)c(C(=O)O)cn(c4cc3oc2c1)c56. The lowest BCUT2D eigenvalue weighted by Gasteiger charge is -2.22. The Labute approximate surface area is 206 Å². The molecule has 0 radical (unpaired) electrons. The Hall–Kier alpha value is -4.77. The number of anilines is 2. The summed E-state index contributed by atoms with van der Waals surface area (Å²) in [5.41, 5.74) is 14.9. The van der Waals surface area contributed by atoms with E-state index in [1.165, 1.54) is 6.20 Å². The number of carbonyl (C=O) groups is 1. The number of pyridine rings is 1. The number of halogens is 1. The highest BCUT2D eigenvalue weighted by Crippen LogP contribution is 2.38. The smallest absolute Gasteiger partial charge is 0.341 e. The predicted molar refractivity (Wildman–Crippen MR) is 138 cm³/mol. The van der Waals surface area contributed by atoms with Gasteiger partial charge in [0.15, 0.2) is 28.1 Å². The summed E-state index contributed by atoms with van der Waals surface area (Å²) in [6.45, 7) is 0.937. The van der Waals surface area contributed by atoms with Crippen LogP contribution in [0.25, 0.3) is 49.8 Å². The summed E-state index contributed by atoms with van der Waals surface area (Å²) in [6.07, 6.45) is 1.92. The van der Waals surface area contributed by atoms with Gasteiger partial charge in [-0.1, -0.05) is 0 Å². The van der Waals surface area contributed by atoms with Crippen molar-refractivity contribution < 1.29 is 23.1 Å². The van der Waals surface area contributed by atoms with Crippen LogP contribution in [0.5, 0.6) is 0 Å². The fourth-order valence-electron chi connectivity index (χ4n) is 5.24. The minimum Gasteiger partial charge on any atom is -0.477 e. The second kappa shape index (κ2) is 7.37. The summed E-state index contributed by atoms with van der Waals surface area (Å²) in [5, 5.41) is 9.63. The van der Waals surface area contributed by atoms with Crippen LogP contribution >= 0.6 is 0 Å².